The molecule has 0 aliphatic carbocycles. The number of halogens is 1. The van der Waals surface area contributed by atoms with Crippen LogP contribution in [0, 0.1) is 11.7 Å². The van der Waals surface area contributed by atoms with Gasteiger partial charge in [0.25, 0.3) is 5.91 Å². The van der Waals surface area contributed by atoms with Crippen LogP contribution in [0.4, 0.5) is 4.39 Å². The number of rotatable bonds is 3. The third-order valence-corrected chi connectivity index (χ3v) is 4.79. The van der Waals surface area contributed by atoms with E-state index in [9.17, 15) is 9.18 Å². The zero-order valence-electron chi connectivity index (χ0n) is 13.5. The maximum absolute atomic E-state index is 13.0. The summed E-state index contributed by atoms with van der Waals surface area (Å²) in [6, 6.07) is 14.0. The predicted octanol–water partition coefficient (Wildman–Crippen LogP) is 4.75. The average Bonchev–Trinajstić information content (AvgIpc) is 2.62. The Balaban J connectivity index is 1.69. The van der Waals surface area contributed by atoms with Gasteiger partial charge < -0.3 is 4.90 Å². The van der Waals surface area contributed by atoms with Crippen LogP contribution < -0.4 is 0 Å². The number of nitrogens with zero attached hydrogens (tertiary/aromatic N) is 1. The Morgan fingerprint density at radius 3 is 2.04 bits per heavy atom. The molecule has 3 heteroatoms. The van der Waals surface area contributed by atoms with Gasteiger partial charge in [0, 0.05) is 18.7 Å². The van der Waals surface area contributed by atoms with Crippen LogP contribution in [0.15, 0.2) is 48.5 Å². The number of likely N-dealkylation sites (tertiary alicyclic amines) is 1. The molecule has 1 heterocycles. The minimum atomic E-state index is -0.240. The molecule has 1 saturated heterocycles. The van der Waals surface area contributed by atoms with E-state index < -0.39 is 0 Å². The van der Waals surface area contributed by atoms with Gasteiger partial charge >= 0.3 is 0 Å². The molecule has 120 valence electrons. The van der Waals surface area contributed by atoms with Crippen molar-refractivity contribution in [3.63, 3.8) is 0 Å². The van der Waals surface area contributed by atoms with Crippen molar-refractivity contribution in [1.29, 1.82) is 0 Å². The summed E-state index contributed by atoms with van der Waals surface area (Å²) in [6.45, 7) is 3.93. The van der Waals surface area contributed by atoms with Gasteiger partial charge in [-0.05, 0) is 54.2 Å². The predicted molar refractivity (Wildman–Crippen MR) is 90.8 cm³/mol. The molecular weight excluding hydrogens is 289 g/mol. The normalized spacial score (nSPS) is 15.7. The lowest BCUT2D eigenvalue weighted by molar-refractivity contribution is 0.0689. The molecule has 1 fully saturated rings. The summed E-state index contributed by atoms with van der Waals surface area (Å²) >= 11 is 0. The molecule has 2 aromatic carbocycles. The van der Waals surface area contributed by atoms with E-state index in [1.165, 1.54) is 18.6 Å². The summed E-state index contributed by atoms with van der Waals surface area (Å²) < 4.78 is 13.0. The smallest absolute Gasteiger partial charge is 0.253 e. The first-order chi connectivity index (χ1) is 11.2. The number of carbonyl (C=O) groups excluding carboxylic acids is 1. The molecule has 0 N–H and O–H groups in total. The number of hydrogen-bond donors (Lipinski definition) is 0. The average molecular weight is 311 g/mol. The molecule has 3 rings (SSSR count). The van der Waals surface area contributed by atoms with E-state index in [1.807, 2.05) is 29.2 Å². The van der Waals surface area contributed by atoms with Gasteiger partial charge in [-0.25, -0.2) is 4.39 Å². The Morgan fingerprint density at radius 2 is 1.52 bits per heavy atom. The molecule has 0 saturated carbocycles. The zero-order valence-corrected chi connectivity index (χ0v) is 13.5. The van der Waals surface area contributed by atoms with Crippen LogP contribution in [-0.4, -0.2) is 23.9 Å². The van der Waals surface area contributed by atoms with E-state index in [4.69, 9.17) is 0 Å². The number of hydrogen-bond acceptors (Lipinski definition) is 1. The summed E-state index contributed by atoms with van der Waals surface area (Å²) in [6.07, 6.45) is 3.42. The molecule has 0 atom stereocenters. The van der Waals surface area contributed by atoms with E-state index in [-0.39, 0.29) is 11.7 Å². The van der Waals surface area contributed by atoms with Gasteiger partial charge in [0.15, 0.2) is 0 Å². The number of amides is 1. The van der Waals surface area contributed by atoms with Gasteiger partial charge in [-0.15, -0.1) is 0 Å². The monoisotopic (exact) mass is 311 g/mol. The minimum absolute atomic E-state index is 0.116. The number of benzene rings is 2. The summed E-state index contributed by atoms with van der Waals surface area (Å²) in [5.41, 5.74) is 2.67. The largest absolute Gasteiger partial charge is 0.339 e. The fraction of sp³-hybridized carbons (Fsp3) is 0.350. The van der Waals surface area contributed by atoms with E-state index in [0.717, 1.165) is 48.5 Å². The Hall–Kier alpha value is -2.16. The molecule has 1 aliphatic rings. The number of piperidine rings is 1. The highest BCUT2D eigenvalue weighted by Crippen LogP contribution is 2.23. The van der Waals surface area contributed by atoms with E-state index >= 15 is 0 Å². The van der Waals surface area contributed by atoms with E-state index in [2.05, 4.69) is 6.92 Å². The molecule has 2 nitrogen and oxygen atoms in total. The maximum atomic E-state index is 13.0. The standard InChI is InChI=1S/C20H22FNO/c1-2-15-11-13-22(14-12-15)20(23)18-5-3-16(4-6-18)17-7-9-19(21)10-8-17/h3-10,15H,2,11-14H2,1H3. The van der Waals surface area contributed by atoms with Gasteiger partial charge in [-0.3, -0.25) is 4.79 Å². The number of carbonyl (C=O) groups is 1. The maximum Gasteiger partial charge on any atom is 0.253 e. The van der Waals surface area contributed by atoms with Crippen molar-refractivity contribution in [3.8, 4) is 11.1 Å². The first-order valence-corrected chi connectivity index (χ1v) is 8.32. The molecule has 0 aromatic heterocycles. The van der Waals surface area contributed by atoms with Gasteiger partial charge in [0.05, 0.1) is 0 Å². The highest BCUT2D eigenvalue weighted by atomic mass is 19.1. The fourth-order valence-electron chi connectivity index (χ4n) is 3.17. The highest BCUT2D eigenvalue weighted by Gasteiger charge is 2.22. The third-order valence-electron chi connectivity index (χ3n) is 4.79. The van der Waals surface area contributed by atoms with Gasteiger partial charge in [-0.2, -0.15) is 0 Å². The summed E-state index contributed by atoms with van der Waals surface area (Å²) in [5.74, 6) is 0.640. The Bertz CT molecular complexity index is 655. The first-order valence-electron chi connectivity index (χ1n) is 8.32. The van der Waals surface area contributed by atoms with Crippen LogP contribution in [-0.2, 0) is 0 Å². The van der Waals surface area contributed by atoms with Crippen molar-refractivity contribution < 1.29 is 9.18 Å². The topological polar surface area (TPSA) is 20.3 Å². The van der Waals surface area contributed by atoms with Crippen molar-refractivity contribution >= 4 is 5.91 Å². The summed E-state index contributed by atoms with van der Waals surface area (Å²) in [4.78, 5) is 14.5. The quantitative estimate of drug-likeness (QED) is 0.800. The van der Waals surface area contributed by atoms with Crippen molar-refractivity contribution in [2.75, 3.05) is 13.1 Å². The van der Waals surface area contributed by atoms with Crippen molar-refractivity contribution in [3.05, 3.63) is 59.9 Å². The fourth-order valence-corrected chi connectivity index (χ4v) is 3.17. The molecule has 0 spiro atoms. The molecule has 0 bridgehead atoms. The molecule has 0 radical (unpaired) electrons. The second kappa shape index (κ2) is 6.95. The van der Waals surface area contributed by atoms with Crippen molar-refractivity contribution in [1.82, 2.24) is 4.90 Å². The summed E-state index contributed by atoms with van der Waals surface area (Å²) in [5, 5.41) is 0. The second-order valence-corrected chi connectivity index (χ2v) is 6.23. The first kappa shape index (κ1) is 15.7. The van der Waals surface area contributed by atoms with E-state index in [0.29, 0.717) is 0 Å². The van der Waals surface area contributed by atoms with E-state index in [1.54, 1.807) is 12.1 Å². The molecule has 0 unspecified atom stereocenters. The molecule has 1 amide bonds. The van der Waals surface area contributed by atoms with Crippen LogP contribution in [0.1, 0.15) is 36.5 Å². The lowest BCUT2D eigenvalue weighted by atomic mass is 9.94. The van der Waals surface area contributed by atoms with Gasteiger partial charge in [-0.1, -0.05) is 37.6 Å². The van der Waals surface area contributed by atoms with Crippen molar-refractivity contribution in [2.45, 2.75) is 26.2 Å². The second-order valence-electron chi connectivity index (χ2n) is 6.23. The lowest BCUT2D eigenvalue weighted by Gasteiger charge is -2.31. The van der Waals surface area contributed by atoms with Crippen LogP contribution >= 0.6 is 0 Å². The Kier molecular flexibility index (Phi) is 4.75. The highest BCUT2D eigenvalue weighted by molar-refractivity contribution is 5.94. The minimum Gasteiger partial charge on any atom is -0.339 e. The molecule has 1 aliphatic heterocycles. The van der Waals surface area contributed by atoms with Crippen molar-refractivity contribution in [2.24, 2.45) is 5.92 Å². The zero-order chi connectivity index (χ0) is 16.2. The Morgan fingerprint density at radius 1 is 1.00 bits per heavy atom. The van der Waals surface area contributed by atoms with Gasteiger partial charge in [0.2, 0.25) is 0 Å². The van der Waals surface area contributed by atoms with Crippen LogP contribution in [0.25, 0.3) is 11.1 Å². The third kappa shape index (κ3) is 3.61. The summed E-state index contributed by atoms with van der Waals surface area (Å²) in [7, 11) is 0. The molecule has 23 heavy (non-hydrogen) atoms. The van der Waals surface area contributed by atoms with Crippen LogP contribution in [0.2, 0.25) is 0 Å². The van der Waals surface area contributed by atoms with Crippen LogP contribution in [0.3, 0.4) is 0 Å². The SMILES string of the molecule is CCC1CCN(C(=O)c2ccc(-c3ccc(F)cc3)cc2)CC1. The molecular formula is C20H22FNO. The Labute approximate surface area is 136 Å². The lowest BCUT2D eigenvalue weighted by Crippen LogP contribution is -2.38. The van der Waals surface area contributed by atoms with Gasteiger partial charge in [0.1, 0.15) is 5.82 Å². The molecule has 2 aromatic rings. The van der Waals surface area contributed by atoms with Crippen LogP contribution in [0.5, 0.6) is 0 Å².